The molecule has 5 nitrogen and oxygen atoms in total. The highest BCUT2D eigenvalue weighted by atomic mass is 32.2. The van der Waals surface area contributed by atoms with E-state index in [9.17, 15) is 9.59 Å². The molecule has 0 fully saturated rings. The molecule has 0 aliphatic carbocycles. The molecule has 0 aromatic carbocycles. The molecule has 0 bridgehead atoms. The number of carbonyl (C=O) groups is 2. The first-order valence-corrected chi connectivity index (χ1v) is 5.92. The average Bonchev–Trinajstić information content (AvgIpc) is 2.70. The van der Waals surface area contributed by atoms with E-state index in [0.717, 1.165) is 17.5 Å². The Hall–Kier alpha value is -1.43. The average molecular weight is 243 g/mol. The molecule has 1 aromatic rings. The molecule has 1 amide bonds. The summed E-state index contributed by atoms with van der Waals surface area (Å²) in [5.41, 5.74) is 0. The summed E-state index contributed by atoms with van der Waals surface area (Å²) >= 11 is 1.08. The van der Waals surface area contributed by atoms with Crippen LogP contribution in [0.4, 0.5) is 0 Å². The fourth-order valence-corrected chi connectivity index (χ4v) is 1.63. The van der Waals surface area contributed by atoms with Crippen molar-refractivity contribution < 1.29 is 19.1 Å². The van der Waals surface area contributed by atoms with Gasteiger partial charge < -0.3 is 14.8 Å². The van der Waals surface area contributed by atoms with Crippen molar-refractivity contribution in [3.05, 3.63) is 24.2 Å². The van der Waals surface area contributed by atoms with E-state index >= 15 is 0 Å². The van der Waals surface area contributed by atoms with Crippen LogP contribution in [0, 0.1) is 0 Å². The Bertz CT molecular complexity index is 337. The molecule has 2 N–H and O–H groups in total. The predicted octanol–water partition coefficient (Wildman–Crippen LogP) is 0.756. The summed E-state index contributed by atoms with van der Waals surface area (Å²) < 4.78 is 5.09. The summed E-state index contributed by atoms with van der Waals surface area (Å²) in [5.74, 6) is -0.125. The second kappa shape index (κ2) is 6.95. The number of amides is 1. The van der Waals surface area contributed by atoms with Crippen LogP contribution in [0.5, 0.6) is 0 Å². The standard InChI is InChI=1S/C10H13NO4S/c12-9(6-16-7-10(13)14)11-4-3-8-2-1-5-15-8/h1-2,5H,3-4,6-7H2,(H,11,12)(H,13,14). The van der Waals surface area contributed by atoms with Crippen molar-refractivity contribution in [2.24, 2.45) is 0 Å². The number of furan rings is 1. The number of hydrogen-bond acceptors (Lipinski definition) is 4. The second-order valence-electron chi connectivity index (χ2n) is 3.07. The summed E-state index contributed by atoms with van der Waals surface area (Å²) in [7, 11) is 0. The highest BCUT2D eigenvalue weighted by Crippen LogP contribution is 2.00. The number of nitrogens with one attached hydrogen (secondary N) is 1. The van der Waals surface area contributed by atoms with Gasteiger partial charge in [-0.25, -0.2) is 0 Å². The molecule has 0 atom stereocenters. The van der Waals surface area contributed by atoms with Crippen molar-refractivity contribution >= 4 is 23.6 Å². The van der Waals surface area contributed by atoms with Crippen LogP contribution >= 0.6 is 11.8 Å². The van der Waals surface area contributed by atoms with Gasteiger partial charge in [0, 0.05) is 13.0 Å². The molecule has 0 aliphatic rings. The van der Waals surface area contributed by atoms with Gasteiger partial charge >= 0.3 is 5.97 Å². The van der Waals surface area contributed by atoms with E-state index in [1.807, 2.05) is 6.07 Å². The lowest BCUT2D eigenvalue weighted by Gasteiger charge is -2.02. The highest BCUT2D eigenvalue weighted by Gasteiger charge is 2.04. The maximum atomic E-state index is 11.2. The van der Waals surface area contributed by atoms with Crippen LogP contribution in [0.15, 0.2) is 22.8 Å². The van der Waals surface area contributed by atoms with E-state index in [1.165, 1.54) is 0 Å². The Morgan fingerprint density at radius 1 is 1.44 bits per heavy atom. The normalized spacial score (nSPS) is 10.0. The summed E-state index contributed by atoms with van der Waals surface area (Å²) in [4.78, 5) is 21.4. The van der Waals surface area contributed by atoms with E-state index in [0.29, 0.717) is 13.0 Å². The molecule has 1 heterocycles. The zero-order chi connectivity index (χ0) is 11.8. The molecule has 0 unspecified atom stereocenters. The van der Waals surface area contributed by atoms with Gasteiger partial charge in [0.15, 0.2) is 0 Å². The van der Waals surface area contributed by atoms with E-state index in [2.05, 4.69) is 5.32 Å². The molecule has 6 heteroatoms. The van der Waals surface area contributed by atoms with E-state index in [1.54, 1.807) is 12.3 Å². The van der Waals surface area contributed by atoms with Crippen molar-refractivity contribution in [1.82, 2.24) is 5.32 Å². The van der Waals surface area contributed by atoms with Gasteiger partial charge in [-0.3, -0.25) is 9.59 Å². The Morgan fingerprint density at radius 2 is 2.25 bits per heavy atom. The van der Waals surface area contributed by atoms with Crippen LogP contribution in [0.1, 0.15) is 5.76 Å². The largest absolute Gasteiger partial charge is 0.481 e. The second-order valence-corrected chi connectivity index (χ2v) is 4.05. The summed E-state index contributed by atoms with van der Waals surface area (Å²) in [6, 6.07) is 3.63. The van der Waals surface area contributed by atoms with Crippen molar-refractivity contribution in [3.8, 4) is 0 Å². The fourth-order valence-electron chi connectivity index (χ4n) is 1.06. The Labute approximate surface area is 97.2 Å². The van der Waals surface area contributed by atoms with Crippen molar-refractivity contribution in [2.75, 3.05) is 18.1 Å². The molecular weight excluding hydrogens is 230 g/mol. The predicted molar refractivity (Wildman–Crippen MR) is 60.4 cm³/mol. The topological polar surface area (TPSA) is 79.5 Å². The molecular formula is C10H13NO4S. The quantitative estimate of drug-likeness (QED) is 0.739. The van der Waals surface area contributed by atoms with Gasteiger partial charge in [-0.2, -0.15) is 0 Å². The minimum Gasteiger partial charge on any atom is -0.481 e. The minimum atomic E-state index is -0.909. The molecule has 0 aliphatic heterocycles. The van der Waals surface area contributed by atoms with Gasteiger partial charge in [0.25, 0.3) is 0 Å². The van der Waals surface area contributed by atoms with Crippen LogP contribution in [0.3, 0.4) is 0 Å². The highest BCUT2D eigenvalue weighted by molar-refractivity contribution is 8.00. The van der Waals surface area contributed by atoms with Crippen LogP contribution in [-0.2, 0) is 16.0 Å². The third kappa shape index (κ3) is 5.45. The summed E-state index contributed by atoms with van der Waals surface area (Å²) in [6.45, 7) is 0.500. The Morgan fingerprint density at radius 3 is 2.88 bits per heavy atom. The van der Waals surface area contributed by atoms with Gasteiger partial charge in [0.1, 0.15) is 5.76 Å². The maximum absolute atomic E-state index is 11.2. The zero-order valence-corrected chi connectivity index (χ0v) is 9.46. The Balaban J connectivity index is 2.04. The first kappa shape index (κ1) is 12.6. The van der Waals surface area contributed by atoms with Crippen molar-refractivity contribution in [1.29, 1.82) is 0 Å². The lowest BCUT2D eigenvalue weighted by molar-refractivity contribution is -0.133. The monoisotopic (exact) mass is 243 g/mol. The third-order valence-electron chi connectivity index (χ3n) is 1.73. The van der Waals surface area contributed by atoms with E-state index in [4.69, 9.17) is 9.52 Å². The van der Waals surface area contributed by atoms with E-state index < -0.39 is 5.97 Å². The minimum absolute atomic E-state index is 0.0500. The van der Waals surface area contributed by atoms with Crippen LogP contribution in [-0.4, -0.2) is 35.0 Å². The number of carboxylic acids is 1. The fraction of sp³-hybridized carbons (Fsp3) is 0.400. The SMILES string of the molecule is O=C(O)CSCC(=O)NCCc1ccco1. The zero-order valence-electron chi connectivity index (χ0n) is 8.64. The van der Waals surface area contributed by atoms with Gasteiger partial charge in [-0.15, -0.1) is 11.8 Å². The molecule has 0 saturated carbocycles. The number of aliphatic carboxylic acids is 1. The number of thioether (sulfide) groups is 1. The molecule has 88 valence electrons. The van der Waals surface area contributed by atoms with Gasteiger partial charge in [0.2, 0.25) is 5.91 Å². The third-order valence-corrected chi connectivity index (χ3v) is 2.65. The van der Waals surface area contributed by atoms with Gasteiger partial charge in [-0.05, 0) is 12.1 Å². The number of rotatable bonds is 7. The van der Waals surface area contributed by atoms with Crippen LogP contribution in [0.2, 0.25) is 0 Å². The lowest BCUT2D eigenvalue weighted by Crippen LogP contribution is -2.27. The van der Waals surface area contributed by atoms with Crippen molar-refractivity contribution in [3.63, 3.8) is 0 Å². The first-order valence-electron chi connectivity index (χ1n) is 4.77. The molecule has 1 aromatic heterocycles. The van der Waals surface area contributed by atoms with Crippen LogP contribution in [0.25, 0.3) is 0 Å². The molecule has 16 heavy (non-hydrogen) atoms. The smallest absolute Gasteiger partial charge is 0.313 e. The number of carbonyl (C=O) groups excluding carboxylic acids is 1. The van der Waals surface area contributed by atoms with Gasteiger partial charge in [0.05, 0.1) is 17.8 Å². The first-order chi connectivity index (χ1) is 7.68. The molecule has 1 rings (SSSR count). The summed E-state index contributed by atoms with van der Waals surface area (Å²) in [5, 5.41) is 11.0. The number of hydrogen-bond donors (Lipinski definition) is 2. The summed E-state index contributed by atoms with van der Waals surface area (Å²) in [6.07, 6.45) is 2.22. The van der Waals surface area contributed by atoms with Crippen LogP contribution < -0.4 is 5.32 Å². The molecule has 0 radical (unpaired) electrons. The molecule has 0 spiro atoms. The van der Waals surface area contributed by atoms with Gasteiger partial charge in [-0.1, -0.05) is 0 Å². The lowest BCUT2D eigenvalue weighted by atomic mass is 10.3. The van der Waals surface area contributed by atoms with E-state index in [-0.39, 0.29) is 17.4 Å². The van der Waals surface area contributed by atoms with Crippen molar-refractivity contribution in [2.45, 2.75) is 6.42 Å². The number of carboxylic acid groups (broad SMARTS) is 1. The Kier molecular flexibility index (Phi) is 5.49. The molecule has 0 saturated heterocycles. The maximum Gasteiger partial charge on any atom is 0.313 e.